The molecule has 2 heterocycles. The first-order valence-electron chi connectivity index (χ1n) is 18.5. The van der Waals surface area contributed by atoms with Gasteiger partial charge in [-0.1, -0.05) is 18.2 Å². The largest absolute Gasteiger partial charge is 0.379 e. The van der Waals surface area contributed by atoms with E-state index >= 15 is 0 Å². The molecule has 2 fully saturated rings. The predicted molar refractivity (Wildman–Crippen MR) is 209 cm³/mol. The van der Waals surface area contributed by atoms with Crippen LogP contribution in [0.25, 0.3) is 11.1 Å². The van der Waals surface area contributed by atoms with Gasteiger partial charge in [0.05, 0.1) is 35.5 Å². The van der Waals surface area contributed by atoms with Gasteiger partial charge in [0.25, 0.3) is 0 Å². The molecule has 1 unspecified atom stereocenters. The van der Waals surface area contributed by atoms with E-state index < -0.39 is 33.6 Å². The van der Waals surface area contributed by atoms with Crippen molar-refractivity contribution in [1.29, 1.82) is 0 Å². The van der Waals surface area contributed by atoms with Gasteiger partial charge in [-0.15, -0.1) is 0 Å². The number of morpholine rings is 1. The highest BCUT2D eigenvalue weighted by Gasteiger charge is 2.30. The lowest BCUT2D eigenvalue weighted by Crippen LogP contribution is -2.50. The molecule has 1 aliphatic carbocycles. The van der Waals surface area contributed by atoms with E-state index in [9.17, 15) is 31.2 Å². The summed E-state index contributed by atoms with van der Waals surface area (Å²) in [5.41, 5.74) is 4.44. The standard InChI is InChI=1S/C42H41F3N6O5S/c1-27-3-4-31(37-12-7-32(43)19-28(37)2)23-39(27)47-42(51(26-52)35-8-10-36(11-9-35)57(54,55)50-15-17-56-18-16-50)40(22-29-20-33(44)24-34(45)21-29)46-41(53)25-49-14-13-38(48-49)30-5-6-30/h3-4,7-14,19-21,23-24,26,30,40H,5-6,15-18,22,25H2,1-2H3,(H,46,53)/b47-42-. The molecular formula is C42H41F3N6O5S. The Labute approximate surface area is 328 Å². The van der Waals surface area contributed by atoms with Crippen LogP contribution in [-0.2, 0) is 37.3 Å². The van der Waals surface area contributed by atoms with Crippen LogP contribution in [0.2, 0.25) is 0 Å². The second-order valence-electron chi connectivity index (χ2n) is 14.2. The molecule has 4 aromatic carbocycles. The molecular weight excluding hydrogens is 758 g/mol. The molecule has 7 rings (SSSR count). The number of amides is 2. The zero-order chi connectivity index (χ0) is 40.3. The molecule has 2 aliphatic rings. The van der Waals surface area contributed by atoms with Gasteiger partial charge in [-0.2, -0.15) is 9.40 Å². The zero-order valence-electron chi connectivity index (χ0n) is 31.4. The van der Waals surface area contributed by atoms with Crippen molar-refractivity contribution in [3.8, 4) is 11.1 Å². The highest BCUT2D eigenvalue weighted by molar-refractivity contribution is 7.89. The summed E-state index contributed by atoms with van der Waals surface area (Å²) >= 11 is 0. The Hall–Kier alpha value is -5.64. The molecule has 1 aromatic heterocycles. The van der Waals surface area contributed by atoms with E-state index in [1.807, 2.05) is 18.2 Å². The summed E-state index contributed by atoms with van der Waals surface area (Å²) in [4.78, 5) is 33.2. The minimum absolute atomic E-state index is 0.000536. The number of carbonyl (C=O) groups is 2. The summed E-state index contributed by atoms with van der Waals surface area (Å²) < 4.78 is 78.3. The third-order valence-corrected chi connectivity index (χ3v) is 11.9. The predicted octanol–water partition coefficient (Wildman–Crippen LogP) is 6.60. The Balaban J connectivity index is 1.33. The monoisotopic (exact) mass is 798 g/mol. The van der Waals surface area contributed by atoms with Crippen LogP contribution in [-0.4, -0.2) is 73.0 Å². The zero-order valence-corrected chi connectivity index (χ0v) is 32.2. The molecule has 5 aromatic rings. The van der Waals surface area contributed by atoms with E-state index in [0.717, 1.165) is 42.3 Å². The second-order valence-corrected chi connectivity index (χ2v) is 16.2. The SMILES string of the molecule is Cc1ccc(-c2ccc(F)cc2C)cc1/N=C(/C(Cc1cc(F)cc(F)c1)NC(=O)Cn1ccc(C2CC2)n1)N(C=O)c1ccc(S(=O)(=O)N2CCOCC2)cc1. The quantitative estimate of drug-likeness (QED) is 0.0813. The van der Waals surface area contributed by atoms with Crippen molar-refractivity contribution < 1.29 is 35.9 Å². The third-order valence-electron chi connectivity index (χ3n) is 9.99. The molecule has 1 saturated carbocycles. The number of aromatic nitrogens is 2. The minimum atomic E-state index is -3.88. The van der Waals surface area contributed by atoms with Gasteiger partial charge in [-0.25, -0.2) is 26.6 Å². The minimum Gasteiger partial charge on any atom is -0.379 e. The molecule has 1 saturated heterocycles. The van der Waals surface area contributed by atoms with Gasteiger partial charge in [0.15, 0.2) is 0 Å². The van der Waals surface area contributed by atoms with Crippen LogP contribution < -0.4 is 10.2 Å². The number of nitrogens with zero attached hydrogens (tertiary/aromatic N) is 5. The number of amidine groups is 1. The van der Waals surface area contributed by atoms with Crippen LogP contribution >= 0.6 is 0 Å². The summed E-state index contributed by atoms with van der Waals surface area (Å²) in [7, 11) is -3.88. The fraction of sp³-hybridized carbons (Fsp3) is 0.286. The van der Waals surface area contributed by atoms with Crippen LogP contribution in [0.5, 0.6) is 0 Å². The van der Waals surface area contributed by atoms with Gasteiger partial charge in [-0.05, 0) is 115 Å². The number of rotatable bonds is 13. The Morgan fingerprint density at radius 3 is 2.32 bits per heavy atom. The van der Waals surface area contributed by atoms with Gasteiger partial charge in [-0.3, -0.25) is 19.2 Å². The molecule has 0 bridgehead atoms. The molecule has 0 spiro atoms. The number of benzene rings is 4. The molecule has 296 valence electrons. The van der Waals surface area contributed by atoms with Gasteiger partial charge in [0.2, 0.25) is 22.3 Å². The van der Waals surface area contributed by atoms with Crippen molar-refractivity contribution in [3.63, 3.8) is 0 Å². The second kappa shape index (κ2) is 16.8. The van der Waals surface area contributed by atoms with Gasteiger partial charge < -0.3 is 10.1 Å². The number of carbonyl (C=O) groups excluding carboxylic acids is 2. The van der Waals surface area contributed by atoms with E-state index in [1.165, 1.54) is 50.3 Å². The molecule has 2 amide bonds. The summed E-state index contributed by atoms with van der Waals surface area (Å²) in [6.07, 6.45) is 4.04. The number of sulfonamides is 1. The Kier molecular flexibility index (Phi) is 11.7. The number of hydrogen-bond donors (Lipinski definition) is 1. The van der Waals surface area contributed by atoms with E-state index in [4.69, 9.17) is 9.73 Å². The lowest BCUT2D eigenvalue weighted by molar-refractivity contribution is -0.122. The summed E-state index contributed by atoms with van der Waals surface area (Å²) in [5.74, 6) is -2.24. The fourth-order valence-electron chi connectivity index (χ4n) is 6.85. The Morgan fingerprint density at radius 1 is 0.930 bits per heavy atom. The maximum absolute atomic E-state index is 14.6. The van der Waals surface area contributed by atoms with Crippen molar-refractivity contribution in [2.24, 2.45) is 4.99 Å². The fourth-order valence-corrected chi connectivity index (χ4v) is 8.26. The average molecular weight is 799 g/mol. The number of ether oxygens (including phenoxy) is 1. The number of aliphatic imine (C=N–C) groups is 1. The first-order chi connectivity index (χ1) is 27.4. The molecule has 11 nitrogen and oxygen atoms in total. The lowest BCUT2D eigenvalue weighted by atomic mass is 9.98. The topological polar surface area (TPSA) is 126 Å². The summed E-state index contributed by atoms with van der Waals surface area (Å²) in [6.45, 7) is 4.31. The molecule has 57 heavy (non-hydrogen) atoms. The smallest absolute Gasteiger partial charge is 0.243 e. The van der Waals surface area contributed by atoms with Crippen LogP contribution in [0, 0.1) is 31.3 Å². The first-order valence-corrected chi connectivity index (χ1v) is 20.0. The lowest BCUT2D eigenvalue weighted by Gasteiger charge is -2.29. The number of aryl methyl sites for hydroxylation is 2. The number of halogens is 3. The van der Waals surface area contributed by atoms with Crippen molar-refractivity contribution >= 4 is 39.6 Å². The van der Waals surface area contributed by atoms with E-state index in [2.05, 4.69) is 10.4 Å². The van der Waals surface area contributed by atoms with Crippen molar-refractivity contribution in [1.82, 2.24) is 19.4 Å². The first kappa shape index (κ1) is 39.6. The normalized spacial score (nSPS) is 15.6. The van der Waals surface area contributed by atoms with E-state index in [-0.39, 0.29) is 67.1 Å². The third kappa shape index (κ3) is 9.33. The van der Waals surface area contributed by atoms with Gasteiger partial charge in [0.1, 0.15) is 29.8 Å². The van der Waals surface area contributed by atoms with Crippen molar-refractivity contribution in [3.05, 3.63) is 131 Å². The summed E-state index contributed by atoms with van der Waals surface area (Å²) in [6, 6.07) is 19.2. The van der Waals surface area contributed by atoms with E-state index in [1.54, 1.807) is 32.2 Å². The van der Waals surface area contributed by atoms with Gasteiger partial charge in [0, 0.05) is 43.4 Å². The van der Waals surface area contributed by atoms with E-state index in [0.29, 0.717) is 34.7 Å². The maximum Gasteiger partial charge on any atom is 0.243 e. The van der Waals surface area contributed by atoms with Gasteiger partial charge >= 0.3 is 0 Å². The average Bonchev–Trinajstić information content (AvgIpc) is 3.93. The van der Waals surface area contributed by atoms with Crippen LogP contribution in [0.1, 0.15) is 41.1 Å². The number of hydrogen-bond acceptors (Lipinski definition) is 7. The number of anilines is 1. The highest BCUT2D eigenvalue weighted by Crippen LogP contribution is 2.39. The Morgan fingerprint density at radius 2 is 1.65 bits per heavy atom. The Bertz CT molecular complexity index is 2410. The van der Waals surface area contributed by atoms with Crippen LogP contribution in [0.3, 0.4) is 0 Å². The van der Waals surface area contributed by atoms with Crippen LogP contribution in [0.4, 0.5) is 24.5 Å². The maximum atomic E-state index is 14.6. The van der Waals surface area contributed by atoms with Crippen molar-refractivity contribution in [2.45, 2.75) is 56.5 Å². The van der Waals surface area contributed by atoms with Crippen LogP contribution in [0.15, 0.2) is 101 Å². The highest BCUT2D eigenvalue weighted by atomic mass is 32.2. The molecule has 1 aliphatic heterocycles. The molecule has 15 heteroatoms. The molecule has 1 atom stereocenters. The van der Waals surface area contributed by atoms with Crippen molar-refractivity contribution in [2.75, 3.05) is 31.2 Å². The number of nitrogens with one attached hydrogen (secondary N) is 1. The molecule has 0 radical (unpaired) electrons. The molecule has 1 N–H and O–H groups in total. The summed E-state index contributed by atoms with van der Waals surface area (Å²) in [5, 5.41) is 7.48.